The summed E-state index contributed by atoms with van der Waals surface area (Å²) < 4.78 is 3.02. The smallest absolute Gasteiger partial charge is 0.229 e. The van der Waals surface area contributed by atoms with E-state index in [0.717, 1.165) is 63.1 Å². The van der Waals surface area contributed by atoms with E-state index in [1.807, 2.05) is 61.9 Å². The Bertz CT molecular complexity index is 1280. The number of rotatable bonds is 4. The number of amides is 1. The molecular weight excluding hydrogens is 418 g/mol. The average molecular weight is 446 g/mol. The van der Waals surface area contributed by atoms with Gasteiger partial charge in [-0.25, -0.2) is 4.68 Å². The molecule has 164 valence electrons. The number of carbonyl (C=O) groups is 1. The molecule has 7 heteroatoms. The van der Waals surface area contributed by atoms with Crippen LogP contribution in [0.2, 0.25) is 0 Å². The minimum Gasteiger partial charge on any atom is -0.347 e. The number of aryl methyl sites for hydroxylation is 3. The number of nitrogens with zero attached hydrogens (tertiary/aromatic N) is 4. The Kier molecular flexibility index (Phi) is 5.43. The molecule has 1 atom stereocenters. The van der Waals surface area contributed by atoms with Crippen LogP contribution in [-0.2, 0) is 4.79 Å². The summed E-state index contributed by atoms with van der Waals surface area (Å²) >= 11 is 1.67. The highest BCUT2D eigenvalue weighted by Gasteiger charge is 2.28. The quantitative estimate of drug-likeness (QED) is 0.465. The van der Waals surface area contributed by atoms with Gasteiger partial charge >= 0.3 is 0 Å². The van der Waals surface area contributed by atoms with E-state index in [1.54, 1.807) is 11.3 Å². The zero-order valence-electron chi connectivity index (χ0n) is 18.6. The molecule has 0 unspecified atom stereocenters. The lowest BCUT2D eigenvalue weighted by Crippen LogP contribution is -2.40. The summed E-state index contributed by atoms with van der Waals surface area (Å²) in [6.07, 6.45) is 1.87. The predicted octanol–water partition coefficient (Wildman–Crippen LogP) is 5.26. The van der Waals surface area contributed by atoms with Crippen LogP contribution < -0.4 is 10.2 Å². The molecule has 5 rings (SSSR count). The highest BCUT2D eigenvalue weighted by Crippen LogP contribution is 2.34. The van der Waals surface area contributed by atoms with Crippen LogP contribution in [0, 0.1) is 26.7 Å². The van der Waals surface area contributed by atoms with Gasteiger partial charge in [-0.2, -0.15) is 10.1 Å². The number of aromatic nitrogens is 3. The van der Waals surface area contributed by atoms with Gasteiger partial charge in [-0.15, -0.1) is 0 Å². The summed E-state index contributed by atoms with van der Waals surface area (Å²) in [7, 11) is 0. The molecular formula is C25H27N5OS. The topological polar surface area (TPSA) is 63.1 Å². The van der Waals surface area contributed by atoms with Crippen molar-refractivity contribution in [2.24, 2.45) is 5.92 Å². The number of carbonyl (C=O) groups excluding carboxylic acids is 1. The number of anilines is 2. The third-order valence-corrected chi connectivity index (χ3v) is 7.31. The van der Waals surface area contributed by atoms with Crippen LogP contribution in [0.5, 0.6) is 0 Å². The third-order valence-electron chi connectivity index (χ3n) is 6.09. The lowest BCUT2D eigenvalue weighted by molar-refractivity contribution is -0.120. The zero-order valence-corrected chi connectivity index (χ0v) is 19.4. The Labute approximate surface area is 191 Å². The fourth-order valence-electron chi connectivity index (χ4n) is 4.28. The van der Waals surface area contributed by atoms with Crippen molar-refractivity contribution in [3.05, 3.63) is 65.4 Å². The molecule has 0 spiro atoms. The molecule has 1 amide bonds. The van der Waals surface area contributed by atoms with Gasteiger partial charge in [0.25, 0.3) is 0 Å². The van der Waals surface area contributed by atoms with Crippen LogP contribution in [-0.4, -0.2) is 33.8 Å². The average Bonchev–Trinajstić information content (AvgIpc) is 3.37. The van der Waals surface area contributed by atoms with E-state index >= 15 is 0 Å². The van der Waals surface area contributed by atoms with Gasteiger partial charge in [0.05, 0.1) is 22.0 Å². The lowest BCUT2D eigenvalue weighted by atomic mass is 9.97. The fraction of sp³-hybridized carbons (Fsp3) is 0.320. The van der Waals surface area contributed by atoms with Gasteiger partial charge in [0.1, 0.15) is 0 Å². The minimum atomic E-state index is -0.0533. The standard InChI is InChI=1S/C25H27N5OS/c1-16-11-12-17(2)21(14-16)26-24(31)19-8-7-13-29(15-19)25-27-23-22(32-25)18(3)28-30(23)20-9-5-4-6-10-20/h4-6,9-12,14,19H,7-8,13,15H2,1-3H3,(H,26,31)/t19-/m1/s1. The number of hydrogen-bond donors (Lipinski definition) is 1. The Morgan fingerprint density at radius 1 is 1.12 bits per heavy atom. The van der Waals surface area contributed by atoms with E-state index in [-0.39, 0.29) is 11.8 Å². The van der Waals surface area contributed by atoms with Gasteiger partial charge in [0.2, 0.25) is 5.91 Å². The third kappa shape index (κ3) is 3.88. The number of thiazole rings is 1. The second-order valence-electron chi connectivity index (χ2n) is 8.57. The van der Waals surface area contributed by atoms with Crippen LogP contribution in [0.15, 0.2) is 48.5 Å². The van der Waals surface area contributed by atoms with Crippen LogP contribution in [0.4, 0.5) is 10.8 Å². The number of para-hydroxylation sites is 1. The van der Waals surface area contributed by atoms with E-state index in [1.165, 1.54) is 0 Å². The van der Waals surface area contributed by atoms with E-state index < -0.39 is 0 Å². The van der Waals surface area contributed by atoms with Crippen molar-refractivity contribution >= 4 is 38.4 Å². The fourth-order valence-corrected chi connectivity index (χ4v) is 5.30. The molecule has 1 aliphatic rings. The van der Waals surface area contributed by atoms with Crippen LogP contribution in [0.3, 0.4) is 0 Å². The summed E-state index contributed by atoms with van der Waals surface area (Å²) in [6, 6.07) is 16.3. The molecule has 32 heavy (non-hydrogen) atoms. The van der Waals surface area contributed by atoms with Gasteiger partial charge in [-0.05, 0) is 62.9 Å². The number of hydrogen-bond acceptors (Lipinski definition) is 5. The van der Waals surface area contributed by atoms with Gasteiger partial charge < -0.3 is 10.2 Å². The number of benzene rings is 2. The van der Waals surface area contributed by atoms with Gasteiger partial charge in [-0.3, -0.25) is 4.79 Å². The van der Waals surface area contributed by atoms with E-state index in [4.69, 9.17) is 10.1 Å². The molecule has 1 fully saturated rings. The molecule has 1 N–H and O–H groups in total. The molecule has 1 aliphatic heterocycles. The molecule has 1 saturated heterocycles. The summed E-state index contributed by atoms with van der Waals surface area (Å²) in [6.45, 7) is 7.71. The first kappa shape index (κ1) is 20.7. The van der Waals surface area contributed by atoms with Crippen molar-refractivity contribution in [2.45, 2.75) is 33.6 Å². The molecule has 0 saturated carbocycles. The van der Waals surface area contributed by atoms with Crippen molar-refractivity contribution in [1.82, 2.24) is 14.8 Å². The van der Waals surface area contributed by atoms with Crippen molar-refractivity contribution in [3.63, 3.8) is 0 Å². The van der Waals surface area contributed by atoms with Crippen molar-refractivity contribution < 1.29 is 4.79 Å². The highest BCUT2D eigenvalue weighted by molar-refractivity contribution is 7.22. The summed E-state index contributed by atoms with van der Waals surface area (Å²) in [5.41, 5.74) is 6.01. The molecule has 0 radical (unpaired) electrons. The van der Waals surface area contributed by atoms with Crippen molar-refractivity contribution in [3.8, 4) is 5.69 Å². The summed E-state index contributed by atoms with van der Waals surface area (Å²) in [4.78, 5) is 20.3. The second-order valence-corrected chi connectivity index (χ2v) is 9.55. The van der Waals surface area contributed by atoms with Gasteiger partial charge in [-0.1, -0.05) is 41.7 Å². The number of piperidine rings is 1. The van der Waals surface area contributed by atoms with Crippen molar-refractivity contribution in [2.75, 3.05) is 23.3 Å². The Balaban J connectivity index is 1.37. The molecule has 2 aromatic carbocycles. The maximum Gasteiger partial charge on any atom is 0.229 e. The molecule has 0 aliphatic carbocycles. The zero-order chi connectivity index (χ0) is 22.2. The van der Waals surface area contributed by atoms with Gasteiger partial charge in [0, 0.05) is 18.8 Å². The monoisotopic (exact) mass is 445 g/mol. The Morgan fingerprint density at radius 3 is 2.75 bits per heavy atom. The minimum absolute atomic E-state index is 0.0533. The predicted molar refractivity (Wildman–Crippen MR) is 131 cm³/mol. The number of fused-ring (bicyclic) bond motifs is 1. The van der Waals surface area contributed by atoms with Crippen LogP contribution in [0.25, 0.3) is 16.0 Å². The van der Waals surface area contributed by atoms with Crippen molar-refractivity contribution in [1.29, 1.82) is 0 Å². The highest BCUT2D eigenvalue weighted by atomic mass is 32.1. The van der Waals surface area contributed by atoms with Crippen LogP contribution in [0.1, 0.15) is 29.7 Å². The normalized spacial score (nSPS) is 16.5. The van der Waals surface area contributed by atoms with E-state index in [9.17, 15) is 4.79 Å². The molecule has 6 nitrogen and oxygen atoms in total. The SMILES string of the molecule is Cc1ccc(C)c(NC(=O)[C@@H]2CCCN(c3nc4c(s3)c(C)nn4-c3ccccc3)C2)c1. The van der Waals surface area contributed by atoms with Crippen LogP contribution >= 0.6 is 11.3 Å². The summed E-state index contributed by atoms with van der Waals surface area (Å²) in [5.74, 6) is 0.0403. The first-order valence-electron chi connectivity index (χ1n) is 11.0. The molecule has 0 bridgehead atoms. The first-order valence-corrected chi connectivity index (χ1v) is 11.9. The van der Waals surface area contributed by atoms with E-state index in [0.29, 0.717) is 6.54 Å². The Hall–Kier alpha value is -3.19. The molecule has 4 aromatic rings. The Morgan fingerprint density at radius 2 is 1.94 bits per heavy atom. The maximum absolute atomic E-state index is 13.1. The molecule has 2 aromatic heterocycles. The first-order chi connectivity index (χ1) is 15.5. The maximum atomic E-state index is 13.1. The largest absolute Gasteiger partial charge is 0.347 e. The lowest BCUT2D eigenvalue weighted by Gasteiger charge is -2.31. The summed E-state index contributed by atoms with van der Waals surface area (Å²) in [5, 5.41) is 8.82. The van der Waals surface area contributed by atoms with E-state index in [2.05, 4.69) is 22.3 Å². The second kappa shape index (κ2) is 8.39. The van der Waals surface area contributed by atoms with Gasteiger partial charge in [0.15, 0.2) is 10.8 Å². The number of nitrogens with one attached hydrogen (secondary N) is 1. The molecule has 3 heterocycles.